The average Bonchev–Trinajstić information content (AvgIpc) is 2.48. The number of phenols is 1. The molecule has 0 radical (unpaired) electrons. The molecule has 2 aliphatic rings. The van der Waals surface area contributed by atoms with Crippen molar-refractivity contribution in [2.75, 3.05) is 44.2 Å². The molecule has 0 spiro atoms. The predicted octanol–water partition coefficient (Wildman–Crippen LogP) is 1.27. The molecule has 0 unspecified atom stereocenters. The Balaban J connectivity index is 1.53. The van der Waals surface area contributed by atoms with E-state index in [-0.39, 0.29) is 5.75 Å². The highest BCUT2D eigenvalue weighted by Gasteiger charge is 2.43. The molecule has 1 aliphatic carbocycles. The molecular formula is C16H24ClN3O2. The van der Waals surface area contributed by atoms with E-state index in [0.717, 1.165) is 51.3 Å². The van der Waals surface area contributed by atoms with Crippen LogP contribution in [0.5, 0.6) is 5.75 Å². The zero-order chi connectivity index (χ0) is 15.7. The molecule has 0 atom stereocenters. The maximum absolute atomic E-state index is 10.5. The van der Waals surface area contributed by atoms with Gasteiger partial charge in [-0.1, -0.05) is 11.6 Å². The Hall–Kier alpha value is -1.01. The number of hydrogen-bond acceptors (Lipinski definition) is 5. The van der Waals surface area contributed by atoms with Crippen LogP contribution in [0.3, 0.4) is 0 Å². The number of benzene rings is 1. The van der Waals surface area contributed by atoms with Crippen molar-refractivity contribution in [1.82, 2.24) is 4.90 Å². The first-order valence-corrected chi connectivity index (χ1v) is 8.25. The normalized spacial score (nSPS) is 29.4. The molecule has 4 N–H and O–H groups in total. The summed E-state index contributed by atoms with van der Waals surface area (Å²) >= 11 is 6.01. The third kappa shape index (κ3) is 3.33. The minimum Gasteiger partial charge on any atom is -0.506 e. The van der Waals surface area contributed by atoms with Crippen molar-refractivity contribution in [1.29, 1.82) is 0 Å². The molecule has 0 aromatic heterocycles. The van der Waals surface area contributed by atoms with E-state index in [1.165, 1.54) is 0 Å². The number of anilines is 1. The molecule has 22 heavy (non-hydrogen) atoms. The van der Waals surface area contributed by atoms with Crippen molar-refractivity contribution in [3.8, 4) is 5.75 Å². The molecule has 2 fully saturated rings. The molecule has 3 rings (SSSR count). The van der Waals surface area contributed by atoms with E-state index in [0.29, 0.717) is 17.5 Å². The lowest BCUT2D eigenvalue weighted by molar-refractivity contribution is -0.0911. The maximum Gasteiger partial charge on any atom is 0.138 e. The third-order valence-electron chi connectivity index (χ3n) is 4.84. The van der Waals surface area contributed by atoms with Crippen LogP contribution in [0, 0.1) is 5.92 Å². The summed E-state index contributed by atoms with van der Waals surface area (Å²) in [5.74, 6) is 0.746. The molecule has 0 amide bonds. The average molecular weight is 326 g/mol. The molecule has 1 saturated carbocycles. The first kappa shape index (κ1) is 15.9. The molecule has 122 valence electrons. The van der Waals surface area contributed by atoms with Gasteiger partial charge in [0.1, 0.15) is 5.75 Å². The summed E-state index contributed by atoms with van der Waals surface area (Å²) in [4.78, 5) is 4.44. The second kappa shape index (κ2) is 6.24. The number of β-amino-alcohol motifs (C(OH)–C–C–N with tert-alkyl or cyclic N) is 1. The fourth-order valence-electron chi connectivity index (χ4n) is 3.62. The summed E-state index contributed by atoms with van der Waals surface area (Å²) in [5, 5.41) is 21.1. The van der Waals surface area contributed by atoms with Crippen LogP contribution in [-0.2, 0) is 0 Å². The minimum atomic E-state index is -0.551. The lowest BCUT2D eigenvalue weighted by atomic mass is 9.70. The van der Waals surface area contributed by atoms with Crippen LogP contribution in [-0.4, -0.2) is 60.0 Å². The quantitative estimate of drug-likeness (QED) is 0.777. The summed E-state index contributed by atoms with van der Waals surface area (Å²) in [6.07, 6.45) is 1.64. The van der Waals surface area contributed by atoms with Gasteiger partial charge in [-0.05, 0) is 43.5 Å². The zero-order valence-electron chi connectivity index (χ0n) is 12.7. The lowest BCUT2D eigenvalue weighted by Crippen LogP contribution is -2.57. The van der Waals surface area contributed by atoms with Gasteiger partial charge < -0.3 is 20.8 Å². The van der Waals surface area contributed by atoms with Gasteiger partial charge in [-0.25, -0.2) is 0 Å². The Morgan fingerprint density at radius 1 is 1.23 bits per heavy atom. The van der Waals surface area contributed by atoms with Gasteiger partial charge in [-0.15, -0.1) is 0 Å². The van der Waals surface area contributed by atoms with Gasteiger partial charge in [0.15, 0.2) is 0 Å². The molecule has 6 heteroatoms. The van der Waals surface area contributed by atoms with Crippen LogP contribution in [0.25, 0.3) is 0 Å². The number of piperazine rings is 1. The summed E-state index contributed by atoms with van der Waals surface area (Å²) in [7, 11) is 0. The largest absolute Gasteiger partial charge is 0.506 e. The number of nitrogens with zero attached hydrogens (tertiary/aromatic N) is 2. The highest BCUT2D eigenvalue weighted by atomic mass is 35.5. The van der Waals surface area contributed by atoms with E-state index in [1.807, 2.05) is 0 Å². The first-order chi connectivity index (χ1) is 10.5. The molecule has 1 aromatic carbocycles. The number of aliphatic hydroxyl groups is 1. The predicted molar refractivity (Wildman–Crippen MR) is 88.5 cm³/mol. The van der Waals surface area contributed by atoms with E-state index in [9.17, 15) is 10.2 Å². The van der Waals surface area contributed by atoms with E-state index in [1.54, 1.807) is 18.2 Å². The van der Waals surface area contributed by atoms with Gasteiger partial charge in [0.25, 0.3) is 0 Å². The Kier molecular flexibility index (Phi) is 4.50. The standard InChI is InChI=1S/C16H24ClN3O2/c17-13-1-2-15(21)14(7-13)20-5-3-19(4-6-20)11-16(22)8-12(9-16)10-18/h1-2,7,12,21-22H,3-6,8-11,18H2. The minimum absolute atomic E-state index is 0.265. The van der Waals surface area contributed by atoms with Crippen LogP contribution < -0.4 is 10.6 Å². The summed E-state index contributed by atoms with van der Waals surface area (Å²) in [5.41, 5.74) is 5.87. The number of hydrogen-bond donors (Lipinski definition) is 3. The summed E-state index contributed by atoms with van der Waals surface area (Å²) in [6, 6.07) is 5.13. The van der Waals surface area contributed by atoms with Crippen LogP contribution in [0.1, 0.15) is 12.8 Å². The van der Waals surface area contributed by atoms with Crippen LogP contribution in [0.4, 0.5) is 5.69 Å². The van der Waals surface area contributed by atoms with E-state index in [4.69, 9.17) is 17.3 Å². The van der Waals surface area contributed by atoms with Crippen molar-refractivity contribution in [3.05, 3.63) is 23.2 Å². The number of halogens is 1. The fourth-order valence-corrected chi connectivity index (χ4v) is 3.79. The van der Waals surface area contributed by atoms with Crippen LogP contribution in [0.15, 0.2) is 18.2 Å². The molecule has 1 saturated heterocycles. The van der Waals surface area contributed by atoms with E-state index in [2.05, 4.69) is 9.80 Å². The van der Waals surface area contributed by atoms with Gasteiger partial charge in [-0.2, -0.15) is 0 Å². The molecule has 0 bridgehead atoms. The monoisotopic (exact) mass is 325 g/mol. The first-order valence-electron chi connectivity index (χ1n) is 7.87. The Morgan fingerprint density at radius 3 is 2.55 bits per heavy atom. The second-order valence-electron chi connectivity index (χ2n) is 6.63. The number of aromatic hydroxyl groups is 1. The smallest absolute Gasteiger partial charge is 0.138 e. The summed E-state index contributed by atoms with van der Waals surface area (Å²) in [6.45, 7) is 4.79. The van der Waals surface area contributed by atoms with Crippen LogP contribution >= 0.6 is 11.6 Å². The number of phenolic OH excluding ortho intramolecular Hbond substituents is 1. The molecular weight excluding hydrogens is 302 g/mol. The van der Waals surface area contributed by atoms with E-state index < -0.39 is 5.60 Å². The molecule has 1 aromatic rings. The van der Waals surface area contributed by atoms with Gasteiger partial charge in [0.2, 0.25) is 0 Å². The van der Waals surface area contributed by atoms with Crippen LogP contribution in [0.2, 0.25) is 5.02 Å². The van der Waals surface area contributed by atoms with E-state index >= 15 is 0 Å². The van der Waals surface area contributed by atoms with Crippen molar-refractivity contribution >= 4 is 17.3 Å². The lowest BCUT2D eigenvalue weighted by Gasteiger charge is -2.47. The fraction of sp³-hybridized carbons (Fsp3) is 0.625. The zero-order valence-corrected chi connectivity index (χ0v) is 13.5. The van der Waals surface area contributed by atoms with Gasteiger partial charge in [0, 0.05) is 37.7 Å². The SMILES string of the molecule is NCC1CC(O)(CN2CCN(c3cc(Cl)ccc3O)CC2)C1. The highest BCUT2D eigenvalue weighted by Crippen LogP contribution is 2.38. The van der Waals surface area contributed by atoms with Crippen molar-refractivity contribution in [2.24, 2.45) is 11.7 Å². The molecule has 1 aliphatic heterocycles. The maximum atomic E-state index is 10.5. The van der Waals surface area contributed by atoms with Gasteiger partial charge >= 0.3 is 0 Å². The van der Waals surface area contributed by atoms with Gasteiger partial charge in [0.05, 0.1) is 11.3 Å². The topological polar surface area (TPSA) is 73.0 Å². The van der Waals surface area contributed by atoms with Crippen molar-refractivity contribution in [3.63, 3.8) is 0 Å². The Labute approximate surface area is 136 Å². The molecule has 1 heterocycles. The number of nitrogens with two attached hydrogens (primary N) is 1. The van der Waals surface area contributed by atoms with Crippen molar-refractivity contribution in [2.45, 2.75) is 18.4 Å². The Morgan fingerprint density at radius 2 is 1.91 bits per heavy atom. The highest BCUT2D eigenvalue weighted by molar-refractivity contribution is 6.30. The Bertz CT molecular complexity index is 526. The third-order valence-corrected chi connectivity index (χ3v) is 5.07. The molecule has 5 nitrogen and oxygen atoms in total. The number of rotatable bonds is 4. The summed E-state index contributed by atoms with van der Waals surface area (Å²) < 4.78 is 0. The van der Waals surface area contributed by atoms with Gasteiger partial charge in [-0.3, -0.25) is 4.90 Å². The van der Waals surface area contributed by atoms with Crippen molar-refractivity contribution < 1.29 is 10.2 Å². The second-order valence-corrected chi connectivity index (χ2v) is 7.07.